The molecule has 1 aliphatic rings. The first-order valence-electron chi connectivity index (χ1n) is 7.80. The van der Waals surface area contributed by atoms with Crippen molar-refractivity contribution >= 4 is 17.9 Å². The Morgan fingerprint density at radius 3 is 2.61 bits per heavy atom. The first-order chi connectivity index (χ1) is 11.2. The molecule has 120 valence electrons. The average Bonchev–Trinajstić information content (AvgIpc) is 2.59. The van der Waals surface area contributed by atoms with Gasteiger partial charge in [0, 0.05) is 18.8 Å². The van der Waals surface area contributed by atoms with Gasteiger partial charge < -0.3 is 4.90 Å². The van der Waals surface area contributed by atoms with Gasteiger partial charge in [-0.25, -0.2) is 5.43 Å². The van der Waals surface area contributed by atoms with Crippen LogP contribution < -0.4 is 15.9 Å². The zero-order valence-corrected chi connectivity index (χ0v) is 13.1. The summed E-state index contributed by atoms with van der Waals surface area (Å²) in [5, 5.41) is 11.6. The van der Waals surface area contributed by atoms with Gasteiger partial charge in [0.15, 0.2) is 0 Å². The second-order valence-electron chi connectivity index (χ2n) is 5.60. The Kier molecular flexibility index (Phi) is 4.65. The minimum atomic E-state index is -0.274. The second kappa shape index (κ2) is 7.04. The highest BCUT2D eigenvalue weighted by atomic mass is 16.1. The Morgan fingerprint density at radius 1 is 1.17 bits per heavy atom. The van der Waals surface area contributed by atoms with Crippen LogP contribution in [0.1, 0.15) is 30.5 Å². The van der Waals surface area contributed by atoms with Crippen LogP contribution in [0, 0.1) is 6.92 Å². The maximum Gasteiger partial charge on any atom is 0.274 e. The molecule has 1 saturated heterocycles. The molecule has 2 N–H and O–H groups in total. The smallest absolute Gasteiger partial charge is 0.274 e. The largest absolute Gasteiger partial charge is 0.372 e. The van der Waals surface area contributed by atoms with Crippen molar-refractivity contribution in [2.45, 2.75) is 26.2 Å². The standard InChI is InChI=1S/C16H20N6O/c1-12-15(23)18-16(21-19-12)20-17-11-13-5-7-14(8-6-13)22-9-3-2-4-10-22/h5-8,11H,2-4,9-10H2,1H3,(H2,18,20,21,23)/b17-11-. The van der Waals surface area contributed by atoms with E-state index in [1.807, 2.05) is 12.1 Å². The van der Waals surface area contributed by atoms with Gasteiger partial charge in [0.1, 0.15) is 5.69 Å². The first kappa shape index (κ1) is 15.2. The summed E-state index contributed by atoms with van der Waals surface area (Å²) in [6, 6.07) is 8.28. The molecular weight excluding hydrogens is 292 g/mol. The molecule has 0 aliphatic carbocycles. The summed E-state index contributed by atoms with van der Waals surface area (Å²) in [5.74, 6) is 0.224. The van der Waals surface area contributed by atoms with Crippen molar-refractivity contribution in [3.63, 3.8) is 0 Å². The normalized spacial score (nSPS) is 15.1. The van der Waals surface area contributed by atoms with Gasteiger partial charge in [0.25, 0.3) is 5.56 Å². The molecule has 0 amide bonds. The predicted molar refractivity (Wildman–Crippen MR) is 91.1 cm³/mol. The monoisotopic (exact) mass is 312 g/mol. The number of nitrogens with one attached hydrogen (secondary N) is 2. The summed E-state index contributed by atoms with van der Waals surface area (Å²) < 4.78 is 0. The van der Waals surface area contributed by atoms with Gasteiger partial charge in [-0.3, -0.25) is 9.78 Å². The van der Waals surface area contributed by atoms with E-state index in [4.69, 9.17) is 0 Å². The number of hydrazone groups is 1. The number of aryl methyl sites for hydroxylation is 1. The Bertz CT molecular complexity index is 731. The van der Waals surface area contributed by atoms with Crippen molar-refractivity contribution in [3.8, 4) is 0 Å². The van der Waals surface area contributed by atoms with Gasteiger partial charge in [-0.2, -0.15) is 5.10 Å². The number of benzene rings is 1. The minimum absolute atomic E-state index is 0.224. The number of hydrogen-bond donors (Lipinski definition) is 2. The minimum Gasteiger partial charge on any atom is -0.372 e. The summed E-state index contributed by atoms with van der Waals surface area (Å²) >= 11 is 0. The fraction of sp³-hybridized carbons (Fsp3) is 0.375. The van der Waals surface area contributed by atoms with E-state index >= 15 is 0 Å². The van der Waals surface area contributed by atoms with Gasteiger partial charge in [-0.1, -0.05) is 12.1 Å². The number of aromatic nitrogens is 3. The number of hydrogen-bond acceptors (Lipinski definition) is 6. The molecule has 0 radical (unpaired) electrons. The van der Waals surface area contributed by atoms with Crippen molar-refractivity contribution < 1.29 is 0 Å². The Morgan fingerprint density at radius 2 is 1.91 bits per heavy atom. The van der Waals surface area contributed by atoms with Crippen molar-refractivity contribution in [2.24, 2.45) is 5.10 Å². The summed E-state index contributed by atoms with van der Waals surface area (Å²) in [7, 11) is 0. The molecule has 1 aliphatic heterocycles. The van der Waals surface area contributed by atoms with E-state index in [9.17, 15) is 4.79 Å². The predicted octanol–water partition coefficient (Wildman–Crippen LogP) is 1.91. The number of nitrogens with zero attached hydrogens (tertiary/aromatic N) is 4. The maximum absolute atomic E-state index is 11.4. The molecule has 2 aromatic rings. The van der Waals surface area contributed by atoms with Crippen LogP contribution in [0.25, 0.3) is 0 Å². The highest BCUT2D eigenvalue weighted by Gasteiger charge is 2.10. The van der Waals surface area contributed by atoms with E-state index in [1.54, 1.807) is 13.1 Å². The molecule has 23 heavy (non-hydrogen) atoms. The van der Waals surface area contributed by atoms with Gasteiger partial charge in [0.05, 0.1) is 6.21 Å². The molecule has 7 heteroatoms. The lowest BCUT2D eigenvalue weighted by molar-refractivity contribution is 0.578. The molecule has 1 aromatic heterocycles. The van der Waals surface area contributed by atoms with Crippen LogP contribution >= 0.6 is 0 Å². The number of anilines is 2. The fourth-order valence-electron chi connectivity index (χ4n) is 2.53. The Labute approximate surface area is 134 Å². The van der Waals surface area contributed by atoms with Crippen molar-refractivity contribution in [1.29, 1.82) is 0 Å². The number of H-pyrrole nitrogens is 1. The topological polar surface area (TPSA) is 86.3 Å². The highest BCUT2D eigenvalue weighted by Crippen LogP contribution is 2.19. The summed E-state index contributed by atoms with van der Waals surface area (Å²) in [4.78, 5) is 16.4. The zero-order chi connectivity index (χ0) is 16.1. The molecule has 1 fully saturated rings. The lowest BCUT2D eigenvalue weighted by atomic mass is 10.1. The van der Waals surface area contributed by atoms with E-state index in [1.165, 1.54) is 24.9 Å². The van der Waals surface area contributed by atoms with Gasteiger partial charge >= 0.3 is 0 Å². The lowest BCUT2D eigenvalue weighted by Gasteiger charge is -2.28. The first-order valence-corrected chi connectivity index (χ1v) is 7.80. The van der Waals surface area contributed by atoms with Crippen molar-refractivity contribution in [1.82, 2.24) is 15.2 Å². The zero-order valence-electron chi connectivity index (χ0n) is 13.1. The number of aromatic amines is 1. The molecule has 0 unspecified atom stereocenters. The highest BCUT2D eigenvalue weighted by molar-refractivity contribution is 5.80. The number of rotatable bonds is 4. The molecule has 0 bridgehead atoms. The van der Waals surface area contributed by atoms with E-state index in [0.717, 1.165) is 18.7 Å². The van der Waals surface area contributed by atoms with Crippen LogP contribution in [0.15, 0.2) is 34.2 Å². The summed E-state index contributed by atoms with van der Waals surface area (Å²) in [6.07, 6.45) is 5.54. The quantitative estimate of drug-likeness (QED) is 0.665. The second-order valence-corrected chi connectivity index (χ2v) is 5.60. The number of piperidine rings is 1. The van der Waals surface area contributed by atoms with Crippen LogP contribution in [0.3, 0.4) is 0 Å². The Balaban J connectivity index is 1.61. The van der Waals surface area contributed by atoms with Crippen LogP contribution in [0.4, 0.5) is 11.6 Å². The Hall–Kier alpha value is -2.70. The molecule has 0 spiro atoms. The van der Waals surface area contributed by atoms with E-state index in [-0.39, 0.29) is 11.5 Å². The fourth-order valence-corrected chi connectivity index (χ4v) is 2.53. The van der Waals surface area contributed by atoms with Gasteiger partial charge in [-0.05, 0) is 43.9 Å². The SMILES string of the molecule is Cc1nnc(N/N=C\c2ccc(N3CCCCC3)cc2)[nH]c1=O. The summed E-state index contributed by atoms with van der Waals surface area (Å²) in [6.45, 7) is 3.87. The molecule has 3 rings (SSSR count). The molecule has 0 saturated carbocycles. The molecular formula is C16H20N6O. The van der Waals surface area contributed by atoms with E-state index in [2.05, 4.69) is 42.7 Å². The van der Waals surface area contributed by atoms with Crippen LogP contribution in [-0.2, 0) is 0 Å². The summed E-state index contributed by atoms with van der Waals surface area (Å²) in [5.41, 5.74) is 4.95. The maximum atomic E-state index is 11.4. The van der Waals surface area contributed by atoms with Crippen molar-refractivity contribution in [2.75, 3.05) is 23.4 Å². The van der Waals surface area contributed by atoms with Gasteiger partial charge in [-0.15, -0.1) is 10.2 Å². The molecule has 0 atom stereocenters. The third kappa shape index (κ3) is 3.94. The lowest BCUT2D eigenvalue weighted by Crippen LogP contribution is -2.29. The third-order valence-electron chi connectivity index (χ3n) is 3.86. The third-order valence-corrected chi connectivity index (χ3v) is 3.86. The van der Waals surface area contributed by atoms with Crippen LogP contribution in [-0.4, -0.2) is 34.5 Å². The average molecular weight is 312 g/mol. The van der Waals surface area contributed by atoms with Crippen LogP contribution in [0.2, 0.25) is 0 Å². The molecule has 1 aromatic carbocycles. The molecule has 7 nitrogen and oxygen atoms in total. The molecule has 2 heterocycles. The van der Waals surface area contributed by atoms with Crippen LogP contribution in [0.5, 0.6) is 0 Å². The van der Waals surface area contributed by atoms with Crippen molar-refractivity contribution in [3.05, 3.63) is 45.9 Å². The van der Waals surface area contributed by atoms with Gasteiger partial charge in [0.2, 0.25) is 5.95 Å². The van der Waals surface area contributed by atoms with E-state index in [0.29, 0.717) is 5.69 Å². The van der Waals surface area contributed by atoms with E-state index < -0.39 is 0 Å².